The highest BCUT2D eigenvalue weighted by atomic mass is 16.5. The number of hydrogen-bond acceptors (Lipinski definition) is 5. The maximum absolute atomic E-state index is 11.2. The Bertz CT molecular complexity index is 884. The number of oxazole rings is 1. The van der Waals surface area contributed by atoms with E-state index < -0.39 is 18.0 Å². The summed E-state index contributed by atoms with van der Waals surface area (Å²) in [7, 11) is 3.20. The standard InChI is InChI=1S/C19H19NO5/c1-11(19(21)22)13-6-9-15-16(10-13)25-18(20-15)17(24-3)12-4-7-14(23-2)8-5-12/h4-11,17H,1-3H3,(H,21,22). The van der Waals surface area contributed by atoms with Crippen LogP contribution in [-0.4, -0.2) is 30.3 Å². The maximum Gasteiger partial charge on any atom is 0.310 e. The monoisotopic (exact) mass is 341 g/mol. The molecule has 3 aromatic rings. The van der Waals surface area contributed by atoms with E-state index in [2.05, 4.69) is 4.98 Å². The van der Waals surface area contributed by atoms with E-state index in [0.29, 0.717) is 22.6 Å². The molecule has 0 saturated heterocycles. The predicted molar refractivity (Wildman–Crippen MR) is 91.9 cm³/mol. The number of hydrogen-bond donors (Lipinski definition) is 1. The summed E-state index contributed by atoms with van der Waals surface area (Å²) in [5.74, 6) is -0.323. The third-order valence-corrected chi connectivity index (χ3v) is 4.18. The first kappa shape index (κ1) is 17.0. The summed E-state index contributed by atoms with van der Waals surface area (Å²) in [5, 5.41) is 9.15. The molecule has 0 aliphatic heterocycles. The quantitative estimate of drug-likeness (QED) is 0.735. The van der Waals surface area contributed by atoms with E-state index in [1.807, 2.05) is 24.3 Å². The number of carbonyl (C=O) groups is 1. The number of carboxylic acid groups (broad SMARTS) is 1. The molecule has 3 rings (SSSR count). The number of aliphatic carboxylic acids is 1. The lowest BCUT2D eigenvalue weighted by Crippen LogP contribution is -2.06. The largest absolute Gasteiger partial charge is 0.497 e. The molecule has 0 bridgehead atoms. The van der Waals surface area contributed by atoms with Crippen molar-refractivity contribution in [3.05, 3.63) is 59.5 Å². The van der Waals surface area contributed by atoms with E-state index in [9.17, 15) is 4.79 Å². The lowest BCUT2D eigenvalue weighted by molar-refractivity contribution is -0.138. The van der Waals surface area contributed by atoms with E-state index >= 15 is 0 Å². The van der Waals surface area contributed by atoms with Crippen LogP contribution < -0.4 is 4.74 Å². The fraction of sp³-hybridized carbons (Fsp3) is 0.263. The van der Waals surface area contributed by atoms with Crippen molar-refractivity contribution in [2.75, 3.05) is 14.2 Å². The molecule has 6 heteroatoms. The third kappa shape index (κ3) is 3.34. The average Bonchev–Trinajstić information content (AvgIpc) is 3.04. The fourth-order valence-corrected chi connectivity index (χ4v) is 2.64. The van der Waals surface area contributed by atoms with E-state index in [-0.39, 0.29) is 0 Å². The van der Waals surface area contributed by atoms with Crippen molar-refractivity contribution in [3.8, 4) is 5.75 Å². The van der Waals surface area contributed by atoms with Crippen molar-refractivity contribution in [1.29, 1.82) is 0 Å². The van der Waals surface area contributed by atoms with E-state index in [4.69, 9.17) is 19.0 Å². The molecule has 2 unspecified atom stereocenters. The minimum absolute atomic E-state index is 0.419. The van der Waals surface area contributed by atoms with Gasteiger partial charge in [0.1, 0.15) is 11.3 Å². The summed E-state index contributed by atoms with van der Waals surface area (Å²) in [6.45, 7) is 1.64. The number of methoxy groups -OCH3 is 2. The van der Waals surface area contributed by atoms with Crippen molar-refractivity contribution < 1.29 is 23.8 Å². The van der Waals surface area contributed by atoms with Gasteiger partial charge in [-0.05, 0) is 42.3 Å². The predicted octanol–water partition coefficient (Wildman–Crippen LogP) is 3.76. The molecule has 0 radical (unpaired) electrons. The second kappa shape index (κ2) is 6.94. The minimum atomic E-state index is -0.882. The summed E-state index contributed by atoms with van der Waals surface area (Å²) in [6, 6.07) is 12.7. The number of benzene rings is 2. The maximum atomic E-state index is 11.2. The molecule has 2 aromatic carbocycles. The van der Waals surface area contributed by atoms with Crippen LogP contribution in [0.15, 0.2) is 46.9 Å². The Morgan fingerprint density at radius 3 is 2.40 bits per heavy atom. The van der Waals surface area contributed by atoms with Gasteiger partial charge in [0, 0.05) is 7.11 Å². The van der Waals surface area contributed by atoms with Crippen molar-refractivity contribution >= 4 is 17.1 Å². The molecule has 2 atom stereocenters. The molecule has 1 aromatic heterocycles. The van der Waals surface area contributed by atoms with Crippen LogP contribution in [0.25, 0.3) is 11.1 Å². The smallest absolute Gasteiger partial charge is 0.310 e. The van der Waals surface area contributed by atoms with Crippen LogP contribution >= 0.6 is 0 Å². The normalized spacial score (nSPS) is 13.6. The van der Waals surface area contributed by atoms with Crippen molar-refractivity contribution in [1.82, 2.24) is 4.98 Å². The summed E-state index contributed by atoms with van der Waals surface area (Å²) in [5.41, 5.74) is 2.75. The average molecular weight is 341 g/mol. The molecular formula is C19H19NO5. The van der Waals surface area contributed by atoms with Crippen LogP contribution in [0, 0.1) is 0 Å². The first-order valence-electron chi connectivity index (χ1n) is 7.83. The van der Waals surface area contributed by atoms with Crippen molar-refractivity contribution in [2.45, 2.75) is 18.9 Å². The zero-order chi connectivity index (χ0) is 18.0. The lowest BCUT2D eigenvalue weighted by atomic mass is 10.0. The number of nitrogens with zero attached hydrogens (tertiary/aromatic N) is 1. The van der Waals surface area contributed by atoms with Gasteiger partial charge in [-0.25, -0.2) is 4.98 Å². The van der Waals surface area contributed by atoms with Crippen LogP contribution in [0.2, 0.25) is 0 Å². The van der Waals surface area contributed by atoms with E-state index in [1.54, 1.807) is 39.3 Å². The second-order valence-electron chi connectivity index (χ2n) is 5.73. The highest BCUT2D eigenvalue weighted by Gasteiger charge is 2.21. The number of aromatic nitrogens is 1. The zero-order valence-corrected chi connectivity index (χ0v) is 14.2. The Hall–Kier alpha value is -2.86. The zero-order valence-electron chi connectivity index (χ0n) is 14.2. The Labute approximate surface area is 145 Å². The van der Waals surface area contributed by atoms with Gasteiger partial charge < -0.3 is 19.0 Å². The van der Waals surface area contributed by atoms with Gasteiger partial charge in [-0.3, -0.25) is 4.79 Å². The van der Waals surface area contributed by atoms with Crippen molar-refractivity contribution in [3.63, 3.8) is 0 Å². The van der Waals surface area contributed by atoms with Crippen LogP contribution in [0.3, 0.4) is 0 Å². The molecule has 0 fully saturated rings. The van der Waals surface area contributed by atoms with Crippen LogP contribution in [0.5, 0.6) is 5.75 Å². The fourth-order valence-electron chi connectivity index (χ4n) is 2.64. The van der Waals surface area contributed by atoms with Gasteiger partial charge >= 0.3 is 5.97 Å². The summed E-state index contributed by atoms with van der Waals surface area (Å²) in [6.07, 6.45) is -0.460. The van der Waals surface area contributed by atoms with Crippen LogP contribution in [-0.2, 0) is 9.53 Å². The molecule has 6 nitrogen and oxygen atoms in total. The third-order valence-electron chi connectivity index (χ3n) is 4.18. The Morgan fingerprint density at radius 2 is 1.80 bits per heavy atom. The first-order valence-corrected chi connectivity index (χ1v) is 7.83. The Balaban J connectivity index is 1.97. The summed E-state index contributed by atoms with van der Waals surface area (Å²) >= 11 is 0. The van der Waals surface area contributed by atoms with Crippen LogP contribution in [0.1, 0.15) is 36.0 Å². The molecule has 1 N–H and O–H groups in total. The molecule has 1 heterocycles. The van der Waals surface area contributed by atoms with Gasteiger partial charge in [-0.15, -0.1) is 0 Å². The lowest BCUT2D eigenvalue weighted by Gasteiger charge is -2.12. The SMILES string of the molecule is COc1ccc(C(OC)c2nc3ccc(C(C)C(=O)O)cc3o2)cc1. The van der Waals surface area contributed by atoms with Gasteiger partial charge in [0.25, 0.3) is 0 Å². The Kier molecular flexibility index (Phi) is 4.72. The molecule has 0 aliphatic rings. The topological polar surface area (TPSA) is 81.8 Å². The van der Waals surface area contributed by atoms with Gasteiger partial charge in [-0.2, -0.15) is 0 Å². The molecule has 0 amide bonds. The molecule has 0 aliphatic carbocycles. The molecule has 130 valence electrons. The van der Waals surface area contributed by atoms with Gasteiger partial charge in [-0.1, -0.05) is 18.2 Å². The van der Waals surface area contributed by atoms with Gasteiger partial charge in [0.2, 0.25) is 5.89 Å². The molecule has 0 spiro atoms. The van der Waals surface area contributed by atoms with Gasteiger partial charge in [0.15, 0.2) is 11.7 Å². The number of fused-ring (bicyclic) bond motifs is 1. The molecule has 25 heavy (non-hydrogen) atoms. The summed E-state index contributed by atoms with van der Waals surface area (Å²) < 4.78 is 16.6. The number of ether oxygens (including phenoxy) is 2. The number of carboxylic acids is 1. The van der Waals surface area contributed by atoms with Gasteiger partial charge in [0.05, 0.1) is 13.0 Å². The minimum Gasteiger partial charge on any atom is -0.497 e. The van der Waals surface area contributed by atoms with Crippen LogP contribution in [0.4, 0.5) is 0 Å². The number of rotatable bonds is 6. The first-order chi connectivity index (χ1) is 12.0. The second-order valence-corrected chi connectivity index (χ2v) is 5.73. The molecular weight excluding hydrogens is 322 g/mol. The highest BCUT2D eigenvalue weighted by Crippen LogP contribution is 2.30. The van der Waals surface area contributed by atoms with Crippen molar-refractivity contribution in [2.24, 2.45) is 0 Å². The molecule has 0 saturated carbocycles. The Morgan fingerprint density at radius 1 is 1.12 bits per heavy atom. The van der Waals surface area contributed by atoms with E-state index in [1.165, 1.54) is 0 Å². The summed E-state index contributed by atoms with van der Waals surface area (Å²) in [4.78, 5) is 15.6. The highest BCUT2D eigenvalue weighted by molar-refractivity contribution is 5.79. The van der Waals surface area contributed by atoms with E-state index in [0.717, 1.165) is 11.3 Å².